The summed E-state index contributed by atoms with van der Waals surface area (Å²) in [5, 5.41) is 11.9. The predicted octanol–water partition coefficient (Wildman–Crippen LogP) is 2.14. The number of para-hydroxylation sites is 1. The number of imidazole rings is 1. The van der Waals surface area contributed by atoms with Crippen molar-refractivity contribution in [3.8, 4) is 6.07 Å². The van der Waals surface area contributed by atoms with Crippen LogP contribution >= 0.6 is 11.6 Å². The molecule has 1 aromatic carbocycles. The van der Waals surface area contributed by atoms with E-state index in [9.17, 15) is 9.59 Å². The number of nitrogens with one attached hydrogen (secondary N) is 1. The Morgan fingerprint density at radius 1 is 1.38 bits per heavy atom. The van der Waals surface area contributed by atoms with E-state index in [0.29, 0.717) is 55.0 Å². The molecule has 0 bridgehead atoms. The maximum absolute atomic E-state index is 12.6. The standard InChI is InChI=1S/C20H21ClN6O2/c1-25(10-8-22)9-4-7-19(28)26-11-12-27-17(13-23-18(27)14-26)20(29)24-16-6-3-2-5-15(16)21/h2-7,13H,9-12,14H2,1H3,(H,24,29)/b7-4+. The highest BCUT2D eigenvalue weighted by atomic mass is 35.5. The third kappa shape index (κ3) is 5.02. The smallest absolute Gasteiger partial charge is 0.273 e. The minimum atomic E-state index is -0.294. The van der Waals surface area contributed by atoms with Gasteiger partial charge in [-0.2, -0.15) is 5.26 Å². The highest BCUT2D eigenvalue weighted by Gasteiger charge is 2.25. The van der Waals surface area contributed by atoms with Crippen molar-refractivity contribution in [1.82, 2.24) is 19.4 Å². The molecular formula is C20H21ClN6O2. The molecule has 2 aromatic rings. The van der Waals surface area contributed by atoms with Crippen molar-refractivity contribution in [2.24, 2.45) is 0 Å². The van der Waals surface area contributed by atoms with Crippen LogP contribution in [0, 0.1) is 11.3 Å². The number of aromatic nitrogens is 2. The molecule has 0 saturated carbocycles. The lowest BCUT2D eigenvalue weighted by atomic mass is 10.3. The van der Waals surface area contributed by atoms with Gasteiger partial charge in [-0.25, -0.2) is 4.98 Å². The van der Waals surface area contributed by atoms with E-state index in [-0.39, 0.29) is 11.8 Å². The molecule has 3 rings (SSSR count). The lowest BCUT2D eigenvalue weighted by Crippen LogP contribution is -2.38. The zero-order valence-corrected chi connectivity index (χ0v) is 16.8. The van der Waals surface area contributed by atoms with Gasteiger partial charge in [0.25, 0.3) is 5.91 Å². The van der Waals surface area contributed by atoms with Crippen LogP contribution in [0.25, 0.3) is 0 Å². The van der Waals surface area contributed by atoms with Gasteiger partial charge in [-0.05, 0) is 19.2 Å². The average Bonchev–Trinajstić information content (AvgIpc) is 3.13. The lowest BCUT2D eigenvalue weighted by molar-refractivity contribution is -0.127. The number of rotatable bonds is 6. The van der Waals surface area contributed by atoms with Crippen molar-refractivity contribution in [3.63, 3.8) is 0 Å². The van der Waals surface area contributed by atoms with Gasteiger partial charge in [-0.1, -0.05) is 29.8 Å². The first-order valence-corrected chi connectivity index (χ1v) is 9.48. The number of halogens is 1. The number of benzene rings is 1. The van der Waals surface area contributed by atoms with E-state index in [4.69, 9.17) is 16.9 Å². The van der Waals surface area contributed by atoms with Crippen LogP contribution in [0.5, 0.6) is 0 Å². The zero-order chi connectivity index (χ0) is 20.8. The molecule has 0 saturated heterocycles. The van der Waals surface area contributed by atoms with E-state index in [1.807, 2.05) is 11.6 Å². The molecule has 0 radical (unpaired) electrons. The molecule has 0 aliphatic carbocycles. The second kappa shape index (κ2) is 9.37. The lowest BCUT2D eigenvalue weighted by Gasteiger charge is -2.27. The number of nitrogens with zero attached hydrogens (tertiary/aromatic N) is 5. The molecule has 2 amide bonds. The van der Waals surface area contributed by atoms with Crippen LogP contribution in [0.2, 0.25) is 5.02 Å². The minimum Gasteiger partial charge on any atom is -0.330 e. The number of amides is 2. The van der Waals surface area contributed by atoms with Crippen LogP contribution in [0.4, 0.5) is 5.69 Å². The molecule has 150 valence electrons. The Morgan fingerprint density at radius 3 is 2.93 bits per heavy atom. The van der Waals surface area contributed by atoms with E-state index in [2.05, 4.69) is 16.4 Å². The highest BCUT2D eigenvalue weighted by Crippen LogP contribution is 2.22. The topological polar surface area (TPSA) is 94.3 Å². The van der Waals surface area contributed by atoms with Crippen LogP contribution < -0.4 is 5.32 Å². The van der Waals surface area contributed by atoms with Crippen molar-refractivity contribution < 1.29 is 9.59 Å². The van der Waals surface area contributed by atoms with Crippen LogP contribution in [0.1, 0.15) is 16.3 Å². The molecule has 1 aliphatic rings. The van der Waals surface area contributed by atoms with E-state index in [0.717, 1.165) is 0 Å². The van der Waals surface area contributed by atoms with E-state index in [1.54, 1.807) is 40.1 Å². The molecule has 9 heteroatoms. The maximum atomic E-state index is 12.6. The van der Waals surface area contributed by atoms with Crippen molar-refractivity contribution in [1.29, 1.82) is 5.26 Å². The first-order valence-electron chi connectivity index (χ1n) is 9.11. The number of hydrogen-bond donors (Lipinski definition) is 1. The molecule has 0 fully saturated rings. The molecule has 29 heavy (non-hydrogen) atoms. The van der Waals surface area contributed by atoms with Crippen LogP contribution in [-0.2, 0) is 17.9 Å². The third-order valence-electron chi connectivity index (χ3n) is 4.55. The van der Waals surface area contributed by atoms with Gasteiger partial charge in [0.05, 0.1) is 36.1 Å². The van der Waals surface area contributed by atoms with Gasteiger partial charge in [0, 0.05) is 25.7 Å². The molecule has 0 unspecified atom stereocenters. The summed E-state index contributed by atoms with van der Waals surface area (Å²) >= 11 is 6.10. The Bertz CT molecular complexity index is 978. The summed E-state index contributed by atoms with van der Waals surface area (Å²) in [6, 6.07) is 9.08. The van der Waals surface area contributed by atoms with Gasteiger partial charge in [0.15, 0.2) is 0 Å². The fraction of sp³-hybridized carbons (Fsp3) is 0.300. The second-order valence-corrected chi connectivity index (χ2v) is 7.07. The summed E-state index contributed by atoms with van der Waals surface area (Å²) in [6.07, 6.45) is 4.77. The summed E-state index contributed by atoms with van der Waals surface area (Å²) in [5.41, 5.74) is 0.967. The molecular weight excluding hydrogens is 392 g/mol. The van der Waals surface area contributed by atoms with Crippen LogP contribution in [0.15, 0.2) is 42.6 Å². The summed E-state index contributed by atoms with van der Waals surface area (Å²) in [7, 11) is 1.81. The number of likely N-dealkylation sites (N-methyl/N-ethyl adjacent to an activating group) is 1. The molecule has 0 atom stereocenters. The monoisotopic (exact) mass is 412 g/mol. The minimum absolute atomic E-state index is 0.119. The van der Waals surface area contributed by atoms with Crippen molar-refractivity contribution in [2.75, 3.05) is 32.0 Å². The normalized spacial score (nSPS) is 13.4. The van der Waals surface area contributed by atoms with Crippen molar-refractivity contribution in [2.45, 2.75) is 13.1 Å². The van der Waals surface area contributed by atoms with Gasteiger partial charge < -0.3 is 14.8 Å². The maximum Gasteiger partial charge on any atom is 0.273 e. The third-order valence-corrected chi connectivity index (χ3v) is 4.88. The summed E-state index contributed by atoms with van der Waals surface area (Å²) in [5.74, 6) is 0.243. The Hall–Kier alpha value is -3.15. The zero-order valence-electron chi connectivity index (χ0n) is 16.0. The van der Waals surface area contributed by atoms with Gasteiger partial charge in [0.2, 0.25) is 5.91 Å². The Labute approximate surface area is 174 Å². The van der Waals surface area contributed by atoms with Crippen LogP contribution in [0.3, 0.4) is 0 Å². The summed E-state index contributed by atoms with van der Waals surface area (Å²) in [4.78, 5) is 32.8. The number of fused-ring (bicyclic) bond motifs is 1. The molecule has 1 aromatic heterocycles. The fourth-order valence-electron chi connectivity index (χ4n) is 3.00. The molecule has 2 heterocycles. The molecule has 8 nitrogen and oxygen atoms in total. The summed E-state index contributed by atoms with van der Waals surface area (Å²) < 4.78 is 1.82. The first-order chi connectivity index (χ1) is 14.0. The number of carbonyl (C=O) groups is 2. The summed E-state index contributed by atoms with van der Waals surface area (Å²) in [6.45, 7) is 2.12. The van der Waals surface area contributed by atoms with E-state index < -0.39 is 0 Å². The number of carbonyl (C=O) groups excluding carboxylic acids is 2. The Balaban J connectivity index is 1.63. The second-order valence-electron chi connectivity index (χ2n) is 6.66. The van der Waals surface area contributed by atoms with Gasteiger partial charge in [-0.3, -0.25) is 14.5 Å². The van der Waals surface area contributed by atoms with E-state index in [1.165, 1.54) is 12.3 Å². The highest BCUT2D eigenvalue weighted by molar-refractivity contribution is 6.33. The predicted molar refractivity (Wildman–Crippen MR) is 109 cm³/mol. The SMILES string of the molecule is CN(CC#N)C/C=C/C(=O)N1CCn2c(C(=O)Nc3ccccc3Cl)cnc2C1. The Morgan fingerprint density at radius 2 is 2.17 bits per heavy atom. The van der Waals surface area contributed by atoms with E-state index >= 15 is 0 Å². The number of anilines is 1. The van der Waals surface area contributed by atoms with Gasteiger partial charge in [-0.15, -0.1) is 0 Å². The van der Waals surface area contributed by atoms with Crippen molar-refractivity contribution >= 4 is 29.1 Å². The molecule has 1 aliphatic heterocycles. The molecule has 1 N–H and O–H groups in total. The largest absolute Gasteiger partial charge is 0.330 e. The van der Waals surface area contributed by atoms with Gasteiger partial charge >= 0.3 is 0 Å². The quantitative estimate of drug-likeness (QED) is 0.579. The first kappa shape index (κ1) is 20.6. The average molecular weight is 413 g/mol. The molecule has 0 spiro atoms. The van der Waals surface area contributed by atoms with Crippen LogP contribution in [-0.4, -0.2) is 57.8 Å². The Kier molecular flexibility index (Phi) is 6.65. The number of nitriles is 1. The van der Waals surface area contributed by atoms with Gasteiger partial charge in [0.1, 0.15) is 11.5 Å². The number of hydrogen-bond acceptors (Lipinski definition) is 5. The van der Waals surface area contributed by atoms with Crippen molar-refractivity contribution in [3.05, 3.63) is 59.2 Å². The fourth-order valence-corrected chi connectivity index (χ4v) is 3.19.